The molecule has 0 saturated heterocycles. The fraction of sp³-hybridized carbons (Fsp3) is 0.778. The molecule has 1 rings (SSSR count). The van der Waals surface area contributed by atoms with Gasteiger partial charge in [-0.1, -0.05) is 11.8 Å². The van der Waals surface area contributed by atoms with Gasteiger partial charge in [-0.3, -0.25) is 5.10 Å². The largest absolute Gasteiger partial charge is 0.316 e. The third kappa shape index (κ3) is 6.48. The van der Waals surface area contributed by atoms with Gasteiger partial charge in [-0.15, -0.1) is 0 Å². The van der Waals surface area contributed by atoms with E-state index in [4.69, 9.17) is 0 Å². The van der Waals surface area contributed by atoms with Crippen molar-refractivity contribution in [2.45, 2.75) is 11.6 Å². The standard InChI is InChI=1S/C9H19N5S/c1-14(2)6-3-4-10-5-7-15-9-11-8-12-13-9/h8,10H,3-7H2,1-2H3,(H,11,12,13). The Morgan fingerprint density at radius 2 is 2.33 bits per heavy atom. The van der Waals surface area contributed by atoms with E-state index in [1.165, 1.54) is 12.7 Å². The van der Waals surface area contributed by atoms with E-state index in [9.17, 15) is 0 Å². The summed E-state index contributed by atoms with van der Waals surface area (Å²) < 4.78 is 0. The minimum atomic E-state index is 0.894. The maximum absolute atomic E-state index is 4.04. The summed E-state index contributed by atoms with van der Waals surface area (Å²) in [5, 5.41) is 10.9. The lowest BCUT2D eigenvalue weighted by Gasteiger charge is -2.09. The van der Waals surface area contributed by atoms with E-state index in [0.29, 0.717) is 0 Å². The predicted octanol–water partition coefficient (Wildman–Crippen LogP) is 0.438. The molecule has 15 heavy (non-hydrogen) atoms. The molecule has 1 aromatic heterocycles. The van der Waals surface area contributed by atoms with Crippen LogP contribution in [0, 0.1) is 0 Å². The molecule has 0 atom stereocenters. The number of aromatic nitrogens is 3. The Balaban J connectivity index is 1.85. The molecular formula is C9H19N5S. The molecule has 0 aliphatic rings. The van der Waals surface area contributed by atoms with E-state index < -0.39 is 0 Å². The van der Waals surface area contributed by atoms with Gasteiger partial charge in [-0.2, -0.15) is 5.10 Å². The molecule has 2 N–H and O–H groups in total. The quantitative estimate of drug-likeness (QED) is 0.500. The van der Waals surface area contributed by atoms with Gasteiger partial charge in [0.05, 0.1) is 0 Å². The van der Waals surface area contributed by atoms with E-state index in [0.717, 1.165) is 30.5 Å². The van der Waals surface area contributed by atoms with Crippen LogP contribution in [0.1, 0.15) is 6.42 Å². The van der Waals surface area contributed by atoms with Crippen LogP contribution in [0.2, 0.25) is 0 Å². The van der Waals surface area contributed by atoms with Crippen molar-refractivity contribution in [3.8, 4) is 0 Å². The molecule has 0 aliphatic carbocycles. The third-order valence-corrected chi connectivity index (χ3v) is 2.75. The first-order valence-corrected chi connectivity index (χ1v) is 6.11. The molecule has 86 valence electrons. The van der Waals surface area contributed by atoms with Crippen molar-refractivity contribution < 1.29 is 0 Å². The predicted molar refractivity (Wildman–Crippen MR) is 63.1 cm³/mol. The maximum atomic E-state index is 4.04. The van der Waals surface area contributed by atoms with Crippen molar-refractivity contribution in [3.05, 3.63) is 6.33 Å². The van der Waals surface area contributed by atoms with Crippen LogP contribution in [0.25, 0.3) is 0 Å². The number of hydrogen-bond acceptors (Lipinski definition) is 5. The smallest absolute Gasteiger partial charge is 0.183 e. The summed E-state index contributed by atoms with van der Waals surface area (Å²) in [7, 11) is 4.19. The van der Waals surface area contributed by atoms with Crippen LogP contribution in [-0.4, -0.2) is 59.6 Å². The second kappa shape index (κ2) is 7.67. The van der Waals surface area contributed by atoms with Gasteiger partial charge in [0.2, 0.25) is 0 Å². The molecule has 0 unspecified atom stereocenters. The molecule has 1 aromatic rings. The normalized spacial score (nSPS) is 11.1. The molecule has 0 bridgehead atoms. The number of thioether (sulfide) groups is 1. The molecule has 0 aromatic carbocycles. The average Bonchev–Trinajstić information content (AvgIpc) is 2.68. The zero-order valence-electron chi connectivity index (χ0n) is 9.36. The zero-order valence-corrected chi connectivity index (χ0v) is 10.2. The molecule has 5 nitrogen and oxygen atoms in total. The number of aromatic amines is 1. The van der Waals surface area contributed by atoms with Crippen LogP contribution < -0.4 is 5.32 Å². The second-order valence-electron chi connectivity index (χ2n) is 3.55. The summed E-state index contributed by atoms with van der Waals surface area (Å²) >= 11 is 1.69. The number of nitrogens with zero attached hydrogens (tertiary/aromatic N) is 3. The van der Waals surface area contributed by atoms with Gasteiger partial charge >= 0.3 is 0 Å². The summed E-state index contributed by atoms with van der Waals surface area (Å²) in [5.74, 6) is 1.02. The van der Waals surface area contributed by atoms with Crippen LogP contribution >= 0.6 is 11.8 Å². The molecule has 0 amide bonds. The Labute approximate surface area is 95.0 Å². The van der Waals surface area contributed by atoms with Gasteiger partial charge in [0.1, 0.15) is 6.33 Å². The Kier molecular flexibility index (Phi) is 6.38. The third-order valence-electron chi connectivity index (χ3n) is 1.87. The van der Waals surface area contributed by atoms with Crippen molar-refractivity contribution in [2.24, 2.45) is 0 Å². The highest BCUT2D eigenvalue weighted by molar-refractivity contribution is 7.99. The van der Waals surface area contributed by atoms with Crippen molar-refractivity contribution in [2.75, 3.05) is 39.5 Å². The second-order valence-corrected chi connectivity index (χ2v) is 4.63. The van der Waals surface area contributed by atoms with Crippen molar-refractivity contribution in [1.82, 2.24) is 25.4 Å². The van der Waals surface area contributed by atoms with Crippen molar-refractivity contribution in [1.29, 1.82) is 0 Å². The summed E-state index contributed by atoms with van der Waals surface area (Å²) in [4.78, 5) is 6.23. The van der Waals surface area contributed by atoms with Crippen LogP contribution in [0.5, 0.6) is 0 Å². The van der Waals surface area contributed by atoms with E-state index in [1.807, 2.05) is 0 Å². The molecule has 1 heterocycles. The van der Waals surface area contributed by atoms with Gasteiger partial charge in [-0.25, -0.2) is 4.98 Å². The molecular weight excluding hydrogens is 210 g/mol. The van der Waals surface area contributed by atoms with Crippen LogP contribution in [0.4, 0.5) is 0 Å². The summed E-state index contributed by atoms with van der Waals surface area (Å²) in [5.41, 5.74) is 0. The van der Waals surface area contributed by atoms with Gasteiger partial charge < -0.3 is 10.2 Å². The minimum absolute atomic E-state index is 0.894. The van der Waals surface area contributed by atoms with Crippen LogP contribution in [-0.2, 0) is 0 Å². The summed E-state index contributed by atoms with van der Waals surface area (Å²) in [6, 6.07) is 0. The first-order valence-electron chi connectivity index (χ1n) is 5.12. The zero-order chi connectivity index (χ0) is 10.9. The summed E-state index contributed by atoms with van der Waals surface area (Å²) in [6.45, 7) is 3.23. The molecule has 0 saturated carbocycles. The highest BCUT2D eigenvalue weighted by atomic mass is 32.2. The lowest BCUT2D eigenvalue weighted by molar-refractivity contribution is 0.396. The van der Waals surface area contributed by atoms with Gasteiger partial charge in [0.15, 0.2) is 5.16 Å². The average molecular weight is 229 g/mol. The maximum Gasteiger partial charge on any atom is 0.183 e. The fourth-order valence-electron chi connectivity index (χ4n) is 1.13. The molecule has 6 heteroatoms. The molecule has 0 spiro atoms. The molecule has 0 aliphatic heterocycles. The van der Waals surface area contributed by atoms with E-state index in [-0.39, 0.29) is 0 Å². The Morgan fingerprint density at radius 3 is 3.00 bits per heavy atom. The van der Waals surface area contributed by atoms with Gasteiger partial charge in [-0.05, 0) is 33.6 Å². The van der Waals surface area contributed by atoms with Crippen LogP contribution in [0.15, 0.2) is 11.5 Å². The lowest BCUT2D eigenvalue weighted by atomic mass is 10.4. The number of hydrogen-bond donors (Lipinski definition) is 2. The van der Waals surface area contributed by atoms with E-state index in [1.54, 1.807) is 11.8 Å². The van der Waals surface area contributed by atoms with Crippen molar-refractivity contribution in [3.63, 3.8) is 0 Å². The van der Waals surface area contributed by atoms with E-state index in [2.05, 4.69) is 39.5 Å². The van der Waals surface area contributed by atoms with Crippen LogP contribution in [0.3, 0.4) is 0 Å². The van der Waals surface area contributed by atoms with Gasteiger partial charge in [0.25, 0.3) is 0 Å². The monoisotopic (exact) mass is 229 g/mol. The van der Waals surface area contributed by atoms with E-state index >= 15 is 0 Å². The first kappa shape index (κ1) is 12.5. The lowest BCUT2D eigenvalue weighted by Crippen LogP contribution is -2.23. The first-order chi connectivity index (χ1) is 7.29. The van der Waals surface area contributed by atoms with Gasteiger partial charge in [0, 0.05) is 12.3 Å². The SMILES string of the molecule is CN(C)CCCNCCSc1ncn[nH]1. The van der Waals surface area contributed by atoms with Crippen molar-refractivity contribution >= 4 is 11.8 Å². The Bertz CT molecular complexity index is 237. The number of rotatable bonds is 8. The fourth-order valence-corrected chi connectivity index (χ4v) is 1.81. The minimum Gasteiger partial charge on any atom is -0.316 e. The highest BCUT2D eigenvalue weighted by Gasteiger charge is 1.95. The molecule has 0 radical (unpaired) electrons. The number of H-pyrrole nitrogens is 1. The topological polar surface area (TPSA) is 56.8 Å². The highest BCUT2D eigenvalue weighted by Crippen LogP contribution is 2.08. The Morgan fingerprint density at radius 1 is 1.47 bits per heavy atom. The summed E-state index contributed by atoms with van der Waals surface area (Å²) in [6.07, 6.45) is 2.73. The number of nitrogens with one attached hydrogen (secondary N) is 2. The molecule has 0 fully saturated rings. The Hall–Kier alpha value is -0.590.